The highest BCUT2D eigenvalue weighted by atomic mass is 16.2. The molecule has 1 aliphatic carbocycles. The standard InChI is InChI=1S/C20H23N3O/c24-20(21-17-9-5-2-6-10-17)23-14-13-22(18-11-12-18)15-19(23)16-7-3-1-4-8-16/h1-10,18-19H,11-15H2,(H,21,24)/t19-/m0/s1. The molecule has 1 saturated heterocycles. The molecule has 1 atom stereocenters. The lowest BCUT2D eigenvalue weighted by atomic mass is 10.0. The second-order valence-corrected chi connectivity index (χ2v) is 6.64. The Kier molecular flexibility index (Phi) is 4.22. The maximum Gasteiger partial charge on any atom is 0.322 e. The van der Waals surface area contributed by atoms with E-state index in [1.165, 1.54) is 18.4 Å². The molecule has 24 heavy (non-hydrogen) atoms. The summed E-state index contributed by atoms with van der Waals surface area (Å²) in [5.41, 5.74) is 2.06. The average molecular weight is 321 g/mol. The van der Waals surface area contributed by atoms with Gasteiger partial charge >= 0.3 is 6.03 Å². The Morgan fingerprint density at radius 3 is 2.25 bits per heavy atom. The van der Waals surface area contributed by atoms with Crippen LogP contribution in [0.3, 0.4) is 0 Å². The van der Waals surface area contributed by atoms with Gasteiger partial charge in [0.25, 0.3) is 0 Å². The molecule has 4 nitrogen and oxygen atoms in total. The van der Waals surface area contributed by atoms with Crippen molar-refractivity contribution in [2.24, 2.45) is 0 Å². The number of amides is 2. The minimum Gasteiger partial charge on any atom is -0.315 e. The minimum absolute atomic E-state index is 0.00880. The fourth-order valence-corrected chi connectivity index (χ4v) is 3.50. The van der Waals surface area contributed by atoms with Crippen molar-refractivity contribution in [3.63, 3.8) is 0 Å². The summed E-state index contributed by atoms with van der Waals surface area (Å²) in [4.78, 5) is 17.4. The van der Waals surface area contributed by atoms with Crippen LogP contribution in [0.4, 0.5) is 10.5 Å². The molecule has 1 saturated carbocycles. The van der Waals surface area contributed by atoms with Gasteiger partial charge in [-0.05, 0) is 30.5 Å². The number of rotatable bonds is 3. The smallest absolute Gasteiger partial charge is 0.315 e. The number of nitrogens with one attached hydrogen (secondary N) is 1. The number of piperazine rings is 1. The monoisotopic (exact) mass is 321 g/mol. The highest BCUT2D eigenvalue weighted by Gasteiger charge is 2.37. The summed E-state index contributed by atoms with van der Waals surface area (Å²) < 4.78 is 0. The van der Waals surface area contributed by atoms with Crippen molar-refractivity contribution in [3.05, 3.63) is 66.2 Å². The average Bonchev–Trinajstić information content (AvgIpc) is 3.48. The maximum absolute atomic E-state index is 12.8. The van der Waals surface area contributed by atoms with Gasteiger partial charge in [0, 0.05) is 31.4 Å². The molecule has 2 amide bonds. The molecule has 1 aliphatic heterocycles. The van der Waals surface area contributed by atoms with Crippen molar-refractivity contribution in [2.75, 3.05) is 25.0 Å². The first-order valence-corrected chi connectivity index (χ1v) is 8.73. The van der Waals surface area contributed by atoms with Crippen molar-refractivity contribution in [1.29, 1.82) is 0 Å². The summed E-state index contributed by atoms with van der Waals surface area (Å²) in [6.07, 6.45) is 2.61. The molecule has 1 heterocycles. The van der Waals surface area contributed by atoms with Crippen LogP contribution in [0, 0.1) is 0 Å². The van der Waals surface area contributed by atoms with E-state index in [9.17, 15) is 4.79 Å². The quantitative estimate of drug-likeness (QED) is 0.935. The maximum atomic E-state index is 12.8. The van der Waals surface area contributed by atoms with Gasteiger partial charge in [-0.3, -0.25) is 4.90 Å². The zero-order valence-corrected chi connectivity index (χ0v) is 13.8. The molecular weight excluding hydrogens is 298 g/mol. The number of para-hydroxylation sites is 1. The zero-order valence-electron chi connectivity index (χ0n) is 13.8. The molecule has 2 aliphatic rings. The van der Waals surface area contributed by atoms with Crippen molar-refractivity contribution < 1.29 is 4.79 Å². The number of carbonyl (C=O) groups excluding carboxylic acids is 1. The van der Waals surface area contributed by atoms with Gasteiger partial charge in [-0.25, -0.2) is 4.79 Å². The van der Waals surface area contributed by atoms with Gasteiger partial charge in [0.15, 0.2) is 0 Å². The van der Waals surface area contributed by atoms with E-state index in [1.807, 2.05) is 41.3 Å². The number of benzene rings is 2. The van der Waals surface area contributed by atoms with Gasteiger partial charge in [-0.15, -0.1) is 0 Å². The number of carbonyl (C=O) groups is 1. The van der Waals surface area contributed by atoms with Crippen LogP contribution >= 0.6 is 0 Å². The molecule has 0 aromatic heterocycles. The third kappa shape index (κ3) is 3.29. The molecule has 124 valence electrons. The van der Waals surface area contributed by atoms with Crippen molar-refractivity contribution in [2.45, 2.75) is 24.9 Å². The van der Waals surface area contributed by atoms with Gasteiger partial charge < -0.3 is 10.2 Å². The fourth-order valence-electron chi connectivity index (χ4n) is 3.50. The van der Waals surface area contributed by atoms with Crippen LogP contribution in [0.1, 0.15) is 24.4 Å². The Morgan fingerprint density at radius 2 is 1.58 bits per heavy atom. The normalized spacial score (nSPS) is 21.5. The second-order valence-electron chi connectivity index (χ2n) is 6.64. The number of nitrogens with zero attached hydrogens (tertiary/aromatic N) is 2. The number of anilines is 1. The van der Waals surface area contributed by atoms with E-state index in [0.717, 1.165) is 31.4 Å². The van der Waals surface area contributed by atoms with E-state index in [-0.39, 0.29) is 12.1 Å². The molecular formula is C20H23N3O. The summed E-state index contributed by atoms with van der Waals surface area (Å²) in [6.45, 7) is 2.67. The highest BCUT2D eigenvalue weighted by molar-refractivity contribution is 5.89. The Balaban J connectivity index is 1.54. The van der Waals surface area contributed by atoms with Gasteiger partial charge in [0.1, 0.15) is 0 Å². The summed E-state index contributed by atoms with van der Waals surface area (Å²) in [5, 5.41) is 3.04. The van der Waals surface area contributed by atoms with Gasteiger partial charge in [-0.1, -0.05) is 48.5 Å². The molecule has 0 spiro atoms. The SMILES string of the molecule is O=C(Nc1ccccc1)N1CCN(C2CC2)C[C@H]1c1ccccc1. The first-order valence-electron chi connectivity index (χ1n) is 8.73. The first-order chi connectivity index (χ1) is 11.8. The van der Waals surface area contributed by atoms with Crippen LogP contribution in [0.15, 0.2) is 60.7 Å². The lowest BCUT2D eigenvalue weighted by molar-refractivity contribution is 0.0954. The molecule has 2 aromatic carbocycles. The lowest BCUT2D eigenvalue weighted by Gasteiger charge is -2.41. The summed E-state index contributed by atoms with van der Waals surface area (Å²) >= 11 is 0. The van der Waals surface area contributed by atoms with Crippen molar-refractivity contribution >= 4 is 11.7 Å². The largest absolute Gasteiger partial charge is 0.322 e. The Labute approximate surface area is 143 Å². The number of hydrogen-bond donors (Lipinski definition) is 1. The Morgan fingerprint density at radius 1 is 0.917 bits per heavy atom. The predicted octanol–water partition coefficient (Wildman–Crippen LogP) is 3.74. The Bertz CT molecular complexity index is 685. The molecule has 4 rings (SSSR count). The van der Waals surface area contributed by atoms with Crippen molar-refractivity contribution in [3.8, 4) is 0 Å². The summed E-state index contributed by atoms with van der Waals surface area (Å²) in [6, 6.07) is 20.9. The molecule has 0 bridgehead atoms. The van der Waals surface area contributed by atoms with Crippen LogP contribution in [-0.2, 0) is 0 Å². The first kappa shape index (κ1) is 15.2. The van der Waals surface area contributed by atoms with Gasteiger partial charge in [-0.2, -0.15) is 0 Å². The van der Waals surface area contributed by atoms with Crippen LogP contribution < -0.4 is 5.32 Å². The molecule has 0 unspecified atom stereocenters. The van der Waals surface area contributed by atoms with Crippen LogP contribution in [-0.4, -0.2) is 41.5 Å². The fraction of sp³-hybridized carbons (Fsp3) is 0.350. The van der Waals surface area contributed by atoms with E-state index in [0.29, 0.717) is 0 Å². The molecule has 2 fully saturated rings. The molecule has 0 radical (unpaired) electrons. The van der Waals surface area contributed by atoms with Gasteiger partial charge in [0.05, 0.1) is 6.04 Å². The Hall–Kier alpha value is -2.33. The van der Waals surface area contributed by atoms with Gasteiger partial charge in [0.2, 0.25) is 0 Å². The minimum atomic E-state index is -0.00880. The molecule has 4 heteroatoms. The summed E-state index contributed by atoms with van der Waals surface area (Å²) in [5.74, 6) is 0. The topological polar surface area (TPSA) is 35.6 Å². The predicted molar refractivity (Wildman–Crippen MR) is 95.9 cm³/mol. The lowest BCUT2D eigenvalue weighted by Crippen LogP contribution is -2.52. The second kappa shape index (κ2) is 6.65. The highest BCUT2D eigenvalue weighted by Crippen LogP contribution is 2.33. The summed E-state index contributed by atoms with van der Waals surface area (Å²) in [7, 11) is 0. The van der Waals surface area contributed by atoms with E-state index < -0.39 is 0 Å². The molecule has 1 N–H and O–H groups in total. The van der Waals surface area contributed by atoms with E-state index in [4.69, 9.17) is 0 Å². The van der Waals surface area contributed by atoms with Crippen molar-refractivity contribution in [1.82, 2.24) is 9.80 Å². The molecule has 2 aromatic rings. The van der Waals surface area contributed by atoms with E-state index in [1.54, 1.807) is 0 Å². The van der Waals surface area contributed by atoms with Crippen LogP contribution in [0.25, 0.3) is 0 Å². The van der Waals surface area contributed by atoms with Crippen LogP contribution in [0.5, 0.6) is 0 Å². The third-order valence-electron chi connectivity index (χ3n) is 4.95. The van der Waals surface area contributed by atoms with Crippen LogP contribution in [0.2, 0.25) is 0 Å². The van der Waals surface area contributed by atoms with E-state index >= 15 is 0 Å². The number of urea groups is 1. The third-order valence-corrected chi connectivity index (χ3v) is 4.95. The zero-order chi connectivity index (χ0) is 16.4. The van der Waals surface area contributed by atoms with E-state index in [2.05, 4.69) is 34.5 Å². The number of hydrogen-bond acceptors (Lipinski definition) is 2.